The largest absolute Gasteiger partial charge is 0.292 e. The molecule has 0 N–H and O–H groups in total. The first-order valence-electron chi connectivity index (χ1n) is 5.44. The van der Waals surface area contributed by atoms with Gasteiger partial charge in [-0.25, -0.2) is 9.97 Å². The summed E-state index contributed by atoms with van der Waals surface area (Å²) in [4.78, 5) is 25.8. The van der Waals surface area contributed by atoms with E-state index in [-0.39, 0.29) is 5.56 Å². The van der Waals surface area contributed by atoms with Crippen molar-refractivity contribution in [2.45, 2.75) is 13.5 Å². The van der Waals surface area contributed by atoms with Crippen LogP contribution in [0.4, 0.5) is 0 Å². The molecule has 0 aromatic carbocycles. The monoisotopic (exact) mass is 258 g/mol. The highest BCUT2D eigenvalue weighted by Gasteiger charge is 2.06. The second-order valence-electron chi connectivity index (χ2n) is 3.94. The van der Waals surface area contributed by atoms with Gasteiger partial charge in [0.2, 0.25) is 0 Å². The van der Waals surface area contributed by atoms with E-state index < -0.39 is 0 Å². The molecule has 5 nitrogen and oxygen atoms in total. The molecule has 3 heterocycles. The highest BCUT2D eigenvalue weighted by atomic mass is 32.1. The second-order valence-corrected chi connectivity index (χ2v) is 5.25. The first kappa shape index (κ1) is 11.0. The van der Waals surface area contributed by atoms with Crippen molar-refractivity contribution in [2.24, 2.45) is 0 Å². The van der Waals surface area contributed by atoms with Crippen molar-refractivity contribution in [2.75, 3.05) is 0 Å². The van der Waals surface area contributed by atoms with Crippen LogP contribution in [0.3, 0.4) is 0 Å². The van der Waals surface area contributed by atoms with Crippen LogP contribution in [-0.4, -0.2) is 19.5 Å². The molecule has 0 saturated carbocycles. The van der Waals surface area contributed by atoms with Crippen LogP contribution >= 0.6 is 11.3 Å². The normalized spacial score (nSPS) is 10.9. The van der Waals surface area contributed by atoms with Crippen molar-refractivity contribution in [1.82, 2.24) is 19.5 Å². The molecule has 0 aliphatic rings. The number of pyridine rings is 1. The molecule has 0 fully saturated rings. The molecule has 3 aromatic heterocycles. The van der Waals surface area contributed by atoms with E-state index in [1.807, 2.05) is 13.1 Å². The van der Waals surface area contributed by atoms with Crippen molar-refractivity contribution in [1.29, 1.82) is 0 Å². The van der Waals surface area contributed by atoms with E-state index in [1.165, 1.54) is 0 Å². The molecule has 0 saturated heterocycles. The topological polar surface area (TPSA) is 60.7 Å². The Morgan fingerprint density at radius 1 is 1.33 bits per heavy atom. The van der Waals surface area contributed by atoms with Crippen molar-refractivity contribution in [3.8, 4) is 0 Å². The summed E-state index contributed by atoms with van der Waals surface area (Å²) in [6.07, 6.45) is 6.55. The summed E-state index contributed by atoms with van der Waals surface area (Å²) in [5.41, 5.74) is 0.560. The molecule has 0 unspecified atom stereocenters. The van der Waals surface area contributed by atoms with Gasteiger partial charge < -0.3 is 0 Å². The molecule has 3 aromatic rings. The van der Waals surface area contributed by atoms with Gasteiger partial charge in [-0.15, -0.1) is 11.3 Å². The summed E-state index contributed by atoms with van der Waals surface area (Å²) in [5, 5.41) is 1.49. The van der Waals surface area contributed by atoms with Crippen molar-refractivity contribution in [3.63, 3.8) is 0 Å². The lowest BCUT2D eigenvalue weighted by atomic mass is 10.3. The zero-order chi connectivity index (χ0) is 12.5. The smallest absolute Gasteiger partial charge is 0.261 e. The average Bonchev–Trinajstić information content (AvgIpc) is 2.79. The quantitative estimate of drug-likeness (QED) is 0.700. The summed E-state index contributed by atoms with van der Waals surface area (Å²) in [6.45, 7) is 2.46. The summed E-state index contributed by atoms with van der Waals surface area (Å²) < 4.78 is 1.57. The van der Waals surface area contributed by atoms with E-state index in [4.69, 9.17) is 0 Å². The van der Waals surface area contributed by atoms with Crippen molar-refractivity contribution in [3.05, 3.63) is 51.2 Å². The number of nitrogens with zero attached hydrogens (tertiary/aromatic N) is 4. The van der Waals surface area contributed by atoms with Crippen LogP contribution in [0.2, 0.25) is 0 Å². The maximum atomic E-state index is 12.2. The predicted octanol–water partition coefficient (Wildman–Crippen LogP) is 1.60. The molecular formula is C12H10N4OS. The number of aryl methyl sites for hydroxylation is 1. The summed E-state index contributed by atoms with van der Waals surface area (Å²) >= 11 is 1.59. The lowest BCUT2D eigenvalue weighted by Gasteiger charge is -2.03. The lowest BCUT2D eigenvalue weighted by Crippen LogP contribution is -2.21. The summed E-state index contributed by atoms with van der Waals surface area (Å²) in [6, 6.07) is 1.69. The van der Waals surface area contributed by atoms with E-state index in [2.05, 4.69) is 15.0 Å². The van der Waals surface area contributed by atoms with Gasteiger partial charge in [0.05, 0.1) is 30.0 Å². The molecular weight excluding hydrogens is 248 g/mol. The van der Waals surface area contributed by atoms with Gasteiger partial charge in [0.1, 0.15) is 5.01 Å². The third-order valence-corrected chi connectivity index (χ3v) is 3.50. The summed E-state index contributed by atoms with van der Waals surface area (Å²) in [5.74, 6) is 0. The van der Waals surface area contributed by atoms with Crippen molar-refractivity contribution < 1.29 is 0 Å². The molecule has 0 bridgehead atoms. The molecule has 0 amide bonds. The molecule has 90 valence electrons. The number of rotatable bonds is 2. The number of thiazole rings is 1. The van der Waals surface area contributed by atoms with Gasteiger partial charge in [0.15, 0.2) is 0 Å². The fourth-order valence-electron chi connectivity index (χ4n) is 1.74. The third kappa shape index (κ3) is 1.91. The van der Waals surface area contributed by atoms with Crippen LogP contribution in [0, 0.1) is 6.92 Å². The Hall–Kier alpha value is -2.08. The third-order valence-electron chi connectivity index (χ3n) is 2.60. The predicted molar refractivity (Wildman–Crippen MR) is 69.8 cm³/mol. The maximum absolute atomic E-state index is 12.2. The van der Waals surface area contributed by atoms with Gasteiger partial charge in [-0.05, 0) is 13.0 Å². The Balaban J connectivity index is 2.08. The van der Waals surface area contributed by atoms with E-state index in [9.17, 15) is 4.79 Å². The van der Waals surface area contributed by atoms with Gasteiger partial charge in [0, 0.05) is 17.3 Å². The minimum absolute atomic E-state index is 0.0600. The molecule has 0 atom stereocenters. The van der Waals surface area contributed by atoms with E-state index in [0.717, 1.165) is 9.88 Å². The Morgan fingerprint density at radius 2 is 2.22 bits per heavy atom. The van der Waals surface area contributed by atoms with Gasteiger partial charge in [0.25, 0.3) is 5.56 Å². The fraction of sp³-hybridized carbons (Fsp3) is 0.167. The van der Waals surface area contributed by atoms with Crippen LogP contribution in [-0.2, 0) is 6.54 Å². The fourth-order valence-corrected chi connectivity index (χ4v) is 2.53. The van der Waals surface area contributed by atoms with Crippen LogP contribution in [0.15, 0.2) is 35.8 Å². The van der Waals surface area contributed by atoms with Crippen LogP contribution in [0.25, 0.3) is 10.9 Å². The van der Waals surface area contributed by atoms with E-state index in [0.29, 0.717) is 17.4 Å². The Kier molecular flexibility index (Phi) is 2.64. The molecule has 0 spiro atoms. The first-order valence-corrected chi connectivity index (χ1v) is 6.26. The minimum atomic E-state index is -0.0600. The standard InChI is InChI=1S/C12H10N4OS/c1-8-4-14-11(18-8)6-16-7-15-10-5-13-3-2-9(10)12(16)17/h2-5,7H,6H2,1H3. The van der Waals surface area contributed by atoms with E-state index >= 15 is 0 Å². The van der Waals surface area contributed by atoms with Crippen molar-refractivity contribution >= 4 is 22.2 Å². The maximum Gasteiger partial charge on any atom is 0.261 e. The van der Waals surface area contributed by atoms with Gasteiger partial charge in [-0.2, -0.15) is 0 Å². The Bertz CT molecular complexity index is 762. The number of hydrogen-bond donors (Lipinski definition) is 0. The zero-order valence-electron chi connectivity index (χ0n) is 9.70. The van der Waals surface area contributed by atoms with E-state index in [1.54, 1.807) is 40.7 Å². The second kappa shape index (κ2) is 4.30. The van der Waals surface area contributed by atoms with Gasteiger partial charge in [-0.1, -0.05) is 0 Å². The SMILES string of the molecule is Cc1cnc(Cn2cnc3cnccc3c2=O)s1. The average molecular weight is 258 g/mol. The molecule has 3 rings (SSSR count). The number of hydrogen-bond acceptors (Lipinski definition) is 5. The van der Waals surface area contributed by atoms with Gasteiger partial charge in [-0.3, -0.25) is 14.3 Å². The highest BCUT2D eigenvalue weighted by molar-refractivity contribution is 7.11. The molecule has 6 heteroatoms. The number of fused-ring (bicyclic) bond motifs is 1. The van der Waals surface area contributed by atoms with Crippen LogP contribution in [0.1, 0.15) is 9.88 Å². The molecule has 18 heavy (non-hydrogen) atoms. The Labute approximate surface area is 107 Å². The Morgan fingerprint density at radius 3 is 3.00 bits per heavy atom. The van der Waals surface area contributed by atoms with Gasteiger partial charge >= 0.3 is 0 Å². The lowest BCUT2D eigenvalue weighted by molar-refractivity contribution is 0.743. The summed E-state index contributed by atoms with van der Waals surface area (Å²) in [7, 11) is 0. The first-order chi connectivity index (χ1) is 8.74. The minimum Gasteiger partial charge on any atom is -0.292 e. The zero-order valence-corrected chi connectivity index (χ0v) is 10.5. The molecule has 0 radical (unpaired) electrons. The molecule has 0 aliphatic heterocycles. The highest BCUT2D eigenvalue weighted by Crippen LogP contribution is 2.12. The number of aromatic nitrogens is 4. The molecule has 0 aliphatic carbocycles. The van der Waals surface area contributed by atoms with Crippen LogP contribution < -0.4 is 5.56 Å². The van der Waals surface area contributed by atoms with Crippen LogP contribution in [0.5, 0.6) is 0 Å².